The van der Waals surface area contributed by atoms with Gasteiger partial charge in [-0.3, -0.25) is 13.9 Å². The van der Waals surface area contributed by atoms with Crippen molar-refractivity contribution in [3.63, 3.8) is 0 Å². The zero-order valence-corrected chi connectivity index (χ0v) is 22.4. The SMILES string of the molecule is CC[C@@H](C)NC(=O)[C@H](C)N(CCc1ccccc1)C(=O)CN(c1ccc(OC)c(Cl)c1)S(C)(=O)=O. The van der Waals surface area contributed by atoms with Gasteiger partial charge in [0, 0.05) is 12.6 Å². The predicted octanol–water partition coefficient (Wildman–Crippen LogP) is 3.49. The molecule has 0 heterocycles. The molecule has 2 atom stereocenters. The van der Waals surface area contributed by atoms with Gasteiger partial charge in [0.15, 0.2) is 0 Å². The van der Waals surface area contributed by atoms with Crippen LogP contribution in [0.3, 0.4) is 0 Å². The Morgan fingerprint density at radius 1 is 1.11 bits per heavy atom. The Labute approximate surface area is 213 Å². The zero-order valence-electron chi connectivity index (χ0n) is 20.8. The molecule has 0 aliphatic carbocycles. The molecule has 0 radical (unpaired) electrons. The van der Waals surface area contributed by atoms with Crippen LogP contribution >= 0.6 is 11.6 Å². The number of rotatable bonds is 12. The van der Waals surface area contributed by atoms with Crippen molar-refractivity contribution in [2.24, 2.45) is 0 Å². The van der Waals surface area contributed by atoms with E-state index in [9.17, 15) is 18.0 Å². The lowest BCUT2D eigenvalue weighted by Gasteiger charge is -2.32. The zero-order chi connectivity index (χ0) is 26.2. The standard InChI is InChI=1S/C25H34ClN3O5S/c1-6-18(2)27-25(31)19(3)28(15-14-20-10-8-7-9-11-20)24(30)17-29(35(5,32)33)21-12-13-23(34-4)22(26)16-21/h7-13,16,18-19H,6,14-15,17H2,1-5H3,(H,27,31)/t18-,19+/m1/s1. The van der Waals surface area contributed by atoms with E-state index in [4.69, 9.17) is 16.3 Å². The quantitative estimate of drug-likeness (QED) is 0.459. The molecule has 8 nitrogen and oxygen atoms in total. The van der Waals surface area contributed by atoms with E-state index in [2.05, 4.69) is 5.32 Å². The van der Waals surface area contributed by atoms with Gasteiger partial charge in [-0.25, -0.2) is 8.42 Å². The highest BCUT2D eigenvalue weighted by atomic mass is 35.5. The molecule has 2 aromatic carbocycles. The molecule has 0 unspecified atom stereocenters. The summed E-state index contributed by atoms with van der Waals surface area (Å²) < 4.78 is 31.4. The highest BCUT2D eigenvalue weighted by Crippen LogP contribution is 2.30. The average Bonchev–Trinajstić information content (AvgIpc) is 2.82. The van der Waals surface area contributed by atoms with E-state index in [0.29, 0.717) is 12.2 Å². The fraction of sp³-hybridized carbons (Fsp3) is 0.440. The number of benzene rings is 2. The minimum atomic E-state index is -3.83. The van der Waals surface area contributed by atoms with Gasteiger partial charge in [-0.1, -0.05) is 48.9 Å². The predicted molar refractivity (Wildman–Crippen MR) is 139 cm³/mol. The lowest BCUT2D eigenvalue weighted by Crippen LogP contribution is -2.53. The molecule has 1 N–H and O–H groups in total. The van der Waals surface area contributed by atoms with Crippen LogP contribution < -0.4 is 14.4 Å². The van der Waals surface area contributed by atoms with Gasteiger partial charge >= 0.3 is 0 Å². The number of amides is 2. The highest BCUT2D eigenvalue weighted by molar-refractivity contribution is 7.92. The van der Waals surface area contributed by atoms with Gasteiger partial charge in [0.25, 0.3) is 0 Å². The molecule has 0 saturated carbocycles. The second-order valence-corrected chi connectivity index (χ2v) is 10.7. The summed E-state index contributed by atoms with van der Waals surface area (Å²) in [6, 6.07) is 13.2. The van der Waals surface area contributed by atoms with E-state index in [1.54, 1.807) is 6.92 Å². The molecule has 2 rings (SSSR count). The maximum Gasteiger partial charge on any atom is 0.244 e. The molecule has 0 aromatic heterocycles. The first-order valence-corrected chi connectivity index (χ1v) is 13.7. The lowest BCUT2D eigenvalue weighted by molar-refractivity contribution is -0.139. The van der Waals surface area contributed by atoms with Crippen LogP contribution in [0.1, 0.15) is 32.8 Å². The van der Waals surface area contributed by atoms with Gasteiger partial charge in [-0.05, 0) is 50.5 Å². The Bertz CT molecular complexity index is 1110. The fourth-order valence-electron chi connectivity index (χ4n) is 3.46. The lowest BCUT2D eigenvalue weighted by atomic mass is 10.1. The van der Waals surface area contributed by atoms with Crippen molar-refractivity contribution in [2.45, 2.75) is 45.7 Å². The maximum atomic E-state index is 13.5. The van der Waals surface area contributed by atoms with E-state index in [0.717, 1.165) is 22.5 Å². The van der Waals surface area contributed by atoms with E-state index >= 15 is 0 Å². The van der Waals surface area contributed by atoms with Crippen molar-refractivity contribution in [3.8, 4) is 5.75 Å². The van der Waals surface area contributed by atoms with E-state index in [1.165, 1.54) is 30.2 Å². The van der Waals surface area contributed by atoms with Crippen molar-refractivity contribution in [2.75, 3.05) is 30.8 Å². The maximum absolute atomic E-state index is 13.5. The Kier molecular flexibility index (Phi) is 10.4. The van der Waals surface area contributed by atoms with Gasteiger partial charge in [0.05, 0.1) is 24.1 Å². The highest BCUT2D eigenvalue weighted by Gasteiger charge is 2.30. The van der Waals surface area contributed by atoms with Crippen molar-refractivity contribution in [1.29, 1.82) is 0 Å². The van der Waals surface area contributed by atoms with Crippen LogP contribution in [0.4, 0.5) is 5.69 Å². The molecule has 0 spiro atoms. The number of hydrogen-bond donors (Lipinski definition) is 1. The molecular formula is C25H34ClN3O5S. The number of hydrogen-bond acceptors (Lipinski definition) is 5. The molecule has 0 aliphatic heterocycles. The van der Waals surface area contributed by atoms with Gasteiger partial charge < -0.3 is 15.0 Å². The van der Waals surface area contributed by atoms with Crippen LogP contribution in [0.25, 0.3) is 0 Å². The summed E-state index contributed by atoms with van der Waals surface area (Å²) in [5, 5.41) is 3.12. The first-order chi connectivity index (χ1) is 16.5. The summed E-state index contributed by atoms with van der Waals surface area (Å²) in [6.07, 6.45) is 2.28. The van der Waals surface area contributed by atoms with Crippen LogP contribution in [0.5, 0.6) is 5.75 Å². The number of carbonyl (C=O) groups is 2. The topological polar surface area (TPSA) is 96.0 Å². The Balaban J connectivity index is 2.34. The Hall–Kier alpha value is -2.78. The molecule has 2 amide bonds. The van der Waals surface area contributed by atoms with Crippen LogP contribution in [0.15, 0.2) is 48.5 Å². The largest absolute Gasteiger partial charge is 0.495 e. The number of methoxy groups -OCH3 is 1. The third-order valence-electron chi connectivity index (χ3n) is 5.76. The van der Waals surface area contributed by atoms with Gasteiger partial charge in [0.2, 0.25) is 21.8 Å². The van der Waals surface area contributed by atoms with Crippen LogP contribution in [0, 0.1) is 0 Å². The van der Waals surface area contributed by atoms with Crippen LogP contribution in [-0.4, -0.2) is 63.7 Å². The normalized spacial score (nSPS) is 13.0. The molecule has 2 aromatic rings. The summed E-state index contributed by atoms with van der Waals surface area (Å²) in [5.41, 5.74) is 1.23. The van der Waals surface area contributed by atoms with E-state index in [1.807, 2.05) is 44.2 Å². The number of anilines is 1. The molecule has 0 saturated heterocycles. The second-order valence-electron chi connectivity index (χ2n) is 8.41. The van der Waals surface area contributed by atoms with Gasteiger partial charge in [-0.15, -0.1) is 0 Å². The second kappa shape index (κ2) is 12.8. The molecule has 10 heteroatoms. The summed E-state index contributed by atoms with van der Waals surface area (Å²) in [5.74, 6) is -0.403. The number of ether oxygens (including phenoxy) is 1. The number of nitrogens with zero attached hydrogens (tertiary/aromatic N) is 2. The van der Waals surface area contributed by atoms with Crippen molar-refractivity contribution >= 4 is 39.1 Å². The average molecular weight is 524 g/mol. The summed E-state index contributed by atoms with van der Waals surface area (Å²) in [7, 11) is -2.38. The summed E-state index contributed by atoms with van der Waals surface area (Å²) in [4.78, 5) is 27.8. The third-order valence-corrected chi connectivity index (χ3v) is 7.19. The van der Waals surface area contributed by atoms with Gasteiger partial charge in [-0.2, -0.15) is 0 Å². The van der Waals surface area contributed by atoms with Crippen molar-refractivity contribution in [3.05, 3.63) is 59.1 Å². The Morgan fingerprint density at radius 3 is 2.31 bits per heavy atom. The van der Waals surface area contributed by atoms with E-state index in [-0.39, 0.29) is 29.2 Å². The molecular weight excluding hydrogens is 490 g/mol. The molecule has 0 fully saturated rings. The number of nitrogens with one attached hydrogen (secondary N) is 1. The van der Waals surface area contributed by atoms with E-state index < -0.39 is 28.5 Å². The van der Waals surface area contributed by atoms with Crippen molar-refractivity contribution in [1.82, 2.24) is 10.2 Å². The summed E-state index contributed by atoms with van der Waals surface area (Å²) in [6.45, 7) is 5.27. The Morgan fingerprint density at radius 2 is 1.77 bits per heavy atom. The fourth-order valence-corrected chi connectivity index (χ4v) is 4.55. The first kappa shape index (κ1) is 28.5. The van der Waals surface area contributed by atoms with Crippen LogP contribution in [-0.2, 0) is 26.0 Å². The third kappa shape index (κ3) is 8.14. The number of halogens is 1. The minimum Gasteiger partial charge on any atom is -0.495 e. The minimum absolute atomic E-state index is 0.0509. The monoisotopic (exact) mass is 523 g/mol. The first-order valence-electron chi connectivity index (χ1n) is 11.4. The molecule has 0 aliphatic rings. The molecule has 35 heavy (non-hydrogen) atoms. The smallest absolute Gasteiger partial charge is 0.244 e. The number of carbonyl (C=O) groups excluding carboxylic acids is 2. The van der Waals surface area contributed by atoms with Gasteiger partial charge in [0.1, 0.15) is 18.3 Å². The molecule has 192 valence electrons. The van der Waals surface area contributed by atoms with Crippen molar-refractivity contribution < 1.29 is 22.7 Å². The molecule has 0 bridgehead atoms. The number of sulfonamides is 1. The summed E-state index contributed by atoms with van der Waals surface area (Å²) >= 11 is 6.20. The van der Waals surface area contributed by atoms with Crippen LogP contribution in [0.2, 0.25) is 5.02 Å².